The van der Waals surface area contributed by atoms with Crippen molar-refractivity contribution in [3.8, 4) is 0 Å². The molecule has 0 N–H and O–H groups in total. The zero-order valence-corrected chi connectivity index (χ0v) is 20.5. The third kappa shape index (κ3) is 4.48. The summed E-state index contributed by atoms with van der Waals surface area (Å²) in [6, 6.07) is 0. The standard InChI is InChI=1S/C17H26Cl2Si2.Zr/c1-20(2,3)16-9-7-14(18)12(16)11-13-15(19)8-10-17(13)21(4,5)6;/h9-10H,7-8,11H2,1-6H3;. The smallest absolute Gasteiger partial charge is 0.0776 e. The van der Waals surface area contributed by atoms with Crippen LogP contribution in [-0.2, 0) is 26.2 Å². The van der Waals surface area contributed by atoms with Gasteiger partial charge in [-0.2, -0.15) is 0 Å². The van der Waals surface area contributed by atoms with E-state index in [1.54, 1.807) is 0 Å². The predicted molar refractivity (Wildman–Crippen MR) is 102 cm³/mol. The van der Waals surface area contributed by atoms with Crippen molar-refractivity contribution < 1.29 is 26.2 Å². The van der Waals surface area contributed by atoms with E-state index in [-0.39, 0.29) is 26.2 Å². The van der Waals surface area contributed by atoms with Gasteiger partial charge >= 0.3 is 0 Å². The van der Waals surface area contributed by atoms with Crippen molar-refractivity contribution in [2.75, 3.05) is 0 Å². The average molecular weight is 449 g/mol. The molecule has 0 bridgehead atoms. The molecule has 0 atom stereocenters. The summed E-state index contributed by atoms with van der Waals surface area (Å²) in [4.78, 5) is 0. The predicted octanol–water partition coefficient (Wildman–Crippen LogP) is 6.77. The molecule has 0 aromatic rings. The normalized spacial score (nSPS) is 19.5. The van der Waals surface area contributed by atoms with Crippen LogP contribution in [0.5, 0.6) is 0 Å². The molecule has 2 aliphatic carbocycles. The van der Waals surface area contributed by atoms with E-state index in [0.717, 1.165) is 29.3 Å². The van der Waals surface area contributed by atoms with Gasteiger partial charge in [-0.3, -0.25) is 0 Å². The molecule has 120 valence electrons. The molecular weight excluding hydrogens is 422 g/mol. The molecule has 0 aromatic carbocycles. The molecule has 22 heavy (non-hydrogen) atoms. The van der Waals surface area contributed by atoms with Gasteiger partial charge in [0.15, 0.2) is 0 Å². The van der Waals surface area contributed by atoms with Crippen LogP contribution in [0.2, 0.25) is 39.3 Å². The van der Waals surface area contributed by atoms with Crippen LogP contribution in [0, 0.1) is 0 Å². The summed E-state index contributed by atoms with van der Waals surface area (Å²) in [6.07, 6.45) is 7.46. The van der Waals surface area contributed by atoms with E-state index in [9.17, 15) is 0 Å². The Hall–Kier alpha value is 0.857. The molecule has 0 aliphatic heterocycles. The first-order valence-corrected chi connectivity index (χ1v) is 15.4. The van der Waals surface area contributed by atoms with E-state index in [0.29, 0.717) is 0 Å². The van der Waals surface area contributed by atoms with Crippen LogP contribution in [0.1, 0.15) is 19.3 Å². The summed E-state index contributed by atoms with van der Waals surface area (Å²) in [6.45, 7) is 14.4. The Morgan fingerprint density at radius 2 is 1.09 bits per heavy atom. The fraction of sp³-hybridized carbons (Fsp3) is 0.529. The molecular formula is C17H26Cl2Si2Zr. The van der Waals surface area contributed by atoms with Gasteiger partial charge in [0.1, 0.15) is 0 Å². The first-order valence-electron chi connectivity index (χ1n) is 7.69. The first kappa shape index (κ1) is 20.9. The fourth-order valence-corrected chi connectivity index (χ4v) is 7.61. The Morgan fingerprint density at radius 3 is 1.36 bits per heavy atom. The van der Waals surface area contributed by atoms with Gasteiger partial charge in [-0.1, -0.05) is 85.0 Å². The van der Waals surface area contributed by atoms with Crippen molar-refractivity contribution in [3.63, 3.8) is 0 Å². The molecule has 5 heteroatoms. The van der Waals surface area contributed by atoms with E-state index in [4.69, 9.17) is 23.2 Å². The Kier molecular flexibility index (Phi) is 7.03. The van der Waals surface area contributed by atoms with Gasteiger partial charge in [-0.25, -0.2) is 0 Å². The van der Waals surface area contributed by atoms with E-state index in [1.807, 2.05) is 0 Å². The van der Waals surface area contributed by atoms with Gasteiger partial charge in [0.05, 0.1) is 16.1 Å². The second kappa shape index (κ2) is 7.40. The topological polar surface area (TPSA) is 0 Å². The van der Waals surface area contributed by atoms with Crippen molar-refractivity contribution in [2.24, 2.45) is 0 Å². The summed E-state index contributed by atoms with van der Waals surface area (Å²) in [5, 5.41) is 5.13. The van der Waals surface area contributed by atoms with E-state index in [1.165, 1.54) is 21.5 Å². The number of rotatable bonds is 4. The van der Waals surface area contributed by atoms with Gasteiger partial charge < -0.3 is 0 Å². The molecule has 0 radical (unpaired) electrons. The second-order valence-corrected chi connectivity index (χ2v) is 19.1. The maximum absolute atomic E-state index is 6.54. The molecule has 0 unspecified atom stereocenters. The second-order valence-electron chi connectivity index (χ2n) is 8.09. The Morgan fingerprint density at radius 1 is 0.773 bits per heavy atom. The summed E-state index contributed by atoms with van der Waals surface area (Å²) < 4.78 is 0. The minimum Gasteiger partial charge on any atom is -0.0885 e. The van der Waals surface area contributed by atoms with Crippen molar-refractivity contribution >= 4 is 39.3 Å². The molecule has 0 spiro atoms. The van der Waals surface area contributed by atoms with Crippen molar-refractivity contribution in [2.45, 2.75) is 58.5 Å². The third-order valence-corrected chi connectivity index (χ3v) is 9.25. The van der Waals surface area contributed by atoms with Crippen LogP contribution in [0.15, 0.2) is 43.8 Å². The molecule has 0 fully saturated rings. The van der Waals surface area contributed by atoms with Crippen LogP contribution in [0.25, 0.3) is 0 Å². The molecule has 2 rings (SSSR count). The van der Waals surface area contributed by atoms with Gasteiger partial charge in [0.25, 0.3) is 0 Å². The summed E-state index contributed by atoms with van der Waals surface area (Å²) in [5.41, 5.74) is 2.74. The Labute approximate surface area is 166 Å². The fourth-order valence-electron chi connectivity index (χ4n) is 3.25. The van der Waals surface area contributed by atoms with Crippen molar-refractivity contribution in [1.29, 1.82) is 0 Å². The summed E-state index contributed by atoms with van der Waals surface area (Å²) >= 11 is 13.1. The number of hydrogen-bond donors (Lipinski definition) is 0. The largest absolute Gasteiger partial charge is 0.0885 e. The van der Waals surface area contributed by atoms with Crippen LogP contribution >= 0.6 is 23.2 Å². The maximum Gasteiger partial charge on any atom is 0.0776 e. The molecule has 0 saturated heterocycles. The van der Waals surface area contributed by atoms with Gasteiger partial charge in [0.2, 0.25) is 0 Å². The van der Waals surface area contributed by atoms with Crippen LogP contribution in [0.3, 0.4) is 0 Å². The summed E-state index contributed by atoms with van der Waals surface area (Å²) in [7, 11) is -2.69. The van der Waals surface area contributed by atoms with E-state index < -0.39 is 16.1 Å². The summed E-state index contributed by atoms with van der Waals surface area (Å²) in [5.74, 6) is 0. The van der Waals surface area contributed by atoms with Crippen molar-refractivity contribution in [1.82, 2.24) is 0 Å². The molecule has 0 aromatic heterocycles. The van der Waals surface area contributed by atoms with E-state index in [2.05, 4.69) is 51.4 Å². The van der Waals surface area contributed by atoms with Gasteiger partial charge in [-0.15, -0.1) is 0 Å². The number of allylic oxidation sites excluding steroid dienone is 8. The zero-order chi connectivity index (χ0) is 16.0. The Bertz CT molecular complexity index is 533. The quantitative estimate of drug-likeness (QED) is 0.416. The maximum atomic E-state index is 6.54. The molecule has 0 amide bonds. The minimum atomic E-state index is -1.35. The monoisotopic (exact) mass is 446 g/mol. The SMILES string of the molecule is C[Si](C)(C)C1=CCC(Cl)=C1CC1=C(Cl)CC=C1[Si](C)(C)C.[Zr]. The first-order chi connectivity index (χ1) is 9.51. The van der Waals surface area contributed by atoms with Crippen LogP contribution in [0.4, 0.5) is 0 Å². The zero-order valence-electron chi connectivity index (χ0n) is 14.5. The molecule has 0 nitrogen and oxygen atoms in total. The number of halogens is 2. The van der Waals surface area contributed by atoms with Crippen molar-refractivity contribution in [3.05, 3.63) is 43.8 Å². The third-order valence-electron chi connectivity index (χ3n) is 4.25. The average Bonchev–Trinajstić information content (AvgIpc) is 2.84. The minimum absolute atomic E-state index is 0. The molecule has 2 aliphatic rings. The Balaban J connectivity index is 0.00000242. The van der Waals surface area contributed by atoms with Crippen LogP contribution in [-0.4, -0.2) is 16.1 Å². The van der Waals surface area contributed by atoms with Crippen LogP contribution < -0.4 is 0 Å². The molecule has 0 heterocycles. The van der Waals surface area contributed by atoms with E-state index >= 15 is 0 Å². The molecule has 0 saturated carbocycles. The van der Waals surface area contributed by atoms with Gasteiger partial charge in [-0.05, 0) is 17.6 Å². The number of hydrogen-bond acceptors (Lipinski definition) is 0. The van der Waals surface area contributed by atoms with Gasteiger partial charge in [0, 0.05) is 49.1 Å².